The van der Waals surface area contributed by atoms with Crippen molar-refractivity contribution in [3.8, 4) is 11.1 Å². The van der Waals surface area contributed by atoms with Crippen LogP contribution in [-0.2, 0) is 0 Å². The topological polar surface area (TPSA) is 83.6 Å². The van der Waals surface area contributed by atoms with E-state index in [-0.39, 0.29) is 0 Å². The van der Waals surface area contributed by atoms with Gasteiger partial charge in [-0.1, -0.05) is 24.3 Å². The highest BCUT2D eigenvalue weighted by Gasteiger charge is 2.16. The number of hydrogen-bond donors (Lipinski definition) is 3. The van der Waals surface area contributed by atoms with E-state index in [0.29, 0.717) is 17.2 Å². The maximum Gasteiger partial charge on any atom is 0.195 e. The van der Waals surface area contributed by atoms with Crippen molar-refractivity contribution in [2.45, 2.75) is 19.1 Å². The largest absolute Gasteiger partial charge is 0.391 e. The molecule has 3 rings (SSSR count). The van der Waals surface area contributed by atoms with Crippen LogP contribution in [0.25, 0.3) is 31.9 Å². The molecule has 0 bridgehead atoms. The molecule has 6 nitrogen and oxygen atoms in total. The van der Waals surface area contributed by atoms with Crippen molar-refractivity contribution in [1.82, 2.24) is 9.97 Å². The quantitative estimate of drug-likeness (QED) is 0.644. The first-order chi connectivity index (χ1) is 11.5. The lowest BCUT2D eigenvalue weighted by atomic mass is 10.0. The van der Waals surface area contributed by atoms with Gasteiger partial charge in [-0.15, -0.1) is 0 Å². The van der Waals surface area contributed by atoms with Crippen LogP contribution in [0.3, 0.4) is 0 Å². The van der Waals surface area contributed by atoms with Gasteiger partial charge in [-0.05, 0) is 30.2 Å². The molecule has 1 heterocycles. The molecule has 4 N–H and O–H groups in total. The summed E-state index contributed by atoms with van der Waals surface area (Å²) in [6, 6.07) is 10.3. The number of hydrogen-bond acceptors (Lipinski definition) is 3. The van der Waals surface area contributed by atoms with E-state index in [1.165, 1.54) is 0 Å². The zero-order valence-corrected chi connectivity index (χ0v) is 13.0. The van der Waals surface area contributed by atoms with Gasteiger partial charge in [-0.25, -0.2) is 4.98 Å². The number of rotatable bonds is 3. The van der Waals surface area contributed by atoms with Gasteiger partial charge in [-0.2, -0.15) is 0 Å². The van der Waals surface area contributed by atoms with Gasteiger partial charge >= 0.3 is 0 Å². The van der Waals surface area contributed by atoms with Crippen LogP contribution in [0.1, 0.15) is 18.8 Å². The van der Waals surface area contributed by atoms with E-state index in [9.17, 15) is 5.11 Å². The van der Waals surface area contributed by atoms with Gasteiger partial charge in [-0.3, -0.25) is 9.69 Å². The summed E-state index contributed by atoms with van der Waals surface area (Å²) in [5.74, 6) is 0.530. The molecule has 6 heteroatoms. The number of aromatic nitrogens is 2. The van der Waals surface area contributed by atoms with E-state index >= 15 is 0 Å². The number of aliphatic hydroxyl groups is 1. The summed E-state index contributed by atoms with van der Waals surface area (Å²) in [6.07, 6.45) is -0.701. The average molecular weight is 317 g/mol. The van der Waals surface area contributed by atoms with E-state index in [0.717, 1.165) is 22.2 Å². The summed E-state index contributed by atoms with van der Waals surface area (Å²) in [7, 11) is 0. The Hall–Kier alpha value is -3.19. The Kier molecular flexibility index (Phi) is 4.01. The third kappa shape index (κ3) is 2.72. The number of aliphatic hydroxyl groups excluding tert-OH is 1. The van der Waals surface area contributed by atoms with Gasteiger partial charge in [0.05, 0.1) is 36.3 Å². The monoisotopic (exact) mass is 317 g/mol. The molecule has 1 aromatic heterocycles. The summed E-state index contributed by atoms with van der Waals surface area (Å²) in [4.78, 5) is 14.3. The van der Waals surface area contributed by atoms with Gasteiger partial charge in [0.2, 0.25) is 0 Å². The van der Waals surface area contributed by atoms with E-state index in [4.69, 9.17) is 18.9 Å². The third-order valence-corrected chi connectivity index (χ3v) is 3.89. The predicted molar refractivity (Wildman–Crippen MR) is 92.7 cm³/mol. The molecule has 0 fully saturated rings. The minimum absolute atomic E-state index is 0.337. The van der Waals surface area contributed by atoms with Crippen molar-refractivity contribution in [2.24, 2.45) is 5.73 Å². The molecular formula is C18H15N5O. The Labute approximate surface area is 139 Å². The molecule has 2 atom stereocenters. The number of imidazole rings is 1. The second kappa shape index (κ2) is 6.13. The van der Waals surface area contributed by atoms with Crippen molar-refractivity contribution < 1.29 is 5.11 Å². The SMILES string of the molecule is [C-]#[N+]c1ccc(-c2ccc3nc([C@@H](N)[C@@H](C)O)[nH]c3c2)cc1[N+]#[C-]. The van der Waals surface area contributed by atoms with Gasteiger partial charge in [0.25, 0.3) is 0 Å². The van der Waals surface area contributed by atoms with E-state index < -0.39 is 12.1 Å². The first-order valence-electron chi connectivity index (χ1n) is 7.36. The number of nitrogens with zero attached hydrogens (tertiary/aromatic N) is 3. The van der Waals surface area contributed by atoms with E-state index in [1.807, 2.05) is 24.3 Å². The Morgan fingerprint density at radius 3 is 2.42 bits per heavy atom. The van der Waals surface area contributed by atoms with Gasteiger partial charge < -0.3 is 15.8 Å². The maximum atomic E-state index is 9.60. The highest BCUT2D eigenvalue weighted by molar-refractivity contribution is 5.84. The molecule has 0 saturated heterocycles. The van der Waals surface area contributed by atoms with Gasteiger partial charge in [0, 0.05) is 0 Å². The molecule has 0 saturated carbocycles. The molecule has 0 aliphatic heterocycles. The van der Waals surface area contributed by atoms with Crippen LogP contribution < -0.4 is 5.73 Å². The molecule has 3 aromatic rings. The molecule has 0 radical (unpaired) electrons. The van der Waals surface area contributed by atoms with Crippen LogP contribution in [-0.4, -0.2) is 21.2 Å². The van der Waals surface area contributed by atoms with E-state index in [2.05, 4.69) is 19.7 Å². The van der Waals surface area contributed by atoms with Gasteiger partial charge in [0.1, 0.15) is 5.82 Å². The van der Waals surface area contributed by atoms with Crippen LogP contribution in [0.5, 0.6) is 0 Å². The van der Waals surface area contributed by atoms with Crippen molar-refractivity contribution in [3.05, 3.63) is 65.1 Å². The Morgan fingerprint density at radius 2 is 1.75 bits per heavy atom. The number of nitrogens with two attached hydrogens (primary N) is 1. The molecule has 0 amide bonds. The molecule has 0 aliphatic rings. The Bertz CT molecular complexity index is 991. The van der Waals surface area contributed by atoms with Crippen LogP contribution in [0.15, 0.2) is 36.4 Å². The zero-order chi connectivity index (χ0) is 17.3. The summed E-state index contributed by atoms with van der Waals surface area (Å²) in [5, 5.41) is 9.60. The van der Waals surface area contributed by atoms with Crippen molar-refractivity contribution in [3.63, 3.8) is 0 Å². The van der Waals surface area contributed by atoms with Crippen LogP contribution >= 0.6 is 0 Å². The lowest BCUT2D eigenvalue weighted by Crippen LogP contribution is -2.24. The summed E-state index contributed by atoms with van der Waals surface area (Å²) in [6.45, 7) is 15.9. The third-order valence-electron chi connectivity index (χ3n) is 3.89. The highest BCUT2D eigenvalue weighted by atomic mass is 16.3. The average Bonchev–Trinajstić information content (AvgIpc) is 3.03. The first kappa shape index (κ1) is 15.7. The van der Waals surface area contributed by atoms with Crippen LogP contribution in [0.2, 0.25) is 0 Å². The summed E-state index contributed by atoms with van der Waals surface area (Å²) < 4.78 is 0. The molecule has 0 unspecified atom stereocenters. The van der Waals surface area contributed by atoms with Gasteiger partial charge in [0.15, 0.2) is 11.4 Å². The predicted octanol–water partition coefficient (Wildman–Crippen LogP) is 3.71. The first-order valence-corrected chi connectivity index (χ1v) is 7.36. The van der Waals surface area contributed by atoms with Crippen LogP contribution in [0.4, 0.5) is 11.4 Å². The number of H-pyrrole nitrogens is 1. The highest BCUT2D eigenvalue weighted by Crippen LogP contribution is 2.34. The number of aromatic amines is 1. The van der Waals surface area contributed by atoms with Crippen LogP contribution in [0, 0.1) is 13.1 Å². The van der Waals surface area contributed by atoms with E-state index in [1.54, 1.807) is 19.1 Å². The fourth-order valence-electron chi connectivity index (χ4n) is 2.48. The molecule has 2 aromatic carbocycles. The normalized spacial score (nSPS) is 13.2. The standard InChI is InChI=1S/C18H15N5O/c1-10(24)17(19)18-22-14-7-5-12(9-16(14)23-18)11-4-6-13(20-2)15(8-11)21-3/h4-10,17,24H,19H2,1H3,(H,22,23)/t10-,17+/m1/s1. The summed E-state index contributed by atoms with van der Waals surface area (Å²) >= 11 is 0. The maximum absolute atomic E-state index is 9.60. The fourth-order valence-corrected chi connectivity index (χ4v) is 2.48. The summed E-state index contributed by atoms with van der Waals surface area (Å²) in [5.41, 5.74) is 9.92. The number of nitrogens with one attached hydrogen (secondary N) is 1. The number of benzene rings is 2. The fraction of sp³-hybridized carbons (Fsp3) is 0.167. The molecule has 24 heavy (non-hydrogen) atoms. The second-order valence-corrected chi connectivity index (χ2v) is 5.55. The minimum Gasteiger partial charge on any atom is -0.391 e. The zero-order valence-electron chi connectivity index (χ0n) is 13.0. The van der Waals surface area contributed by atoms with Crippen molar-refractivity contribution in [1.29, 1.82) is 0 Å². The Morgan fingerprint density at radius 1 is 1.08 bits per heavy atom. The molecule has 118 valence electrons. The number of fused-ring (bicyclic) bond motifs is 1. The molecule has 0 spiro atoms. The Balaban J connectivity index is 2.06. The van der Waals surface area contributed by atoms with Crippen molar-refractivity contribution in [2.75, 3.05) is 0 Å². The lowest BCUT2D eigenvalue weighted by Gasteiger charge is -2.10. The minimum atomic E-state index is -0.701. The molecular weight excluding hydrogens is 302 g/mol. The smallest absolute Gasteiger partial charge is 0.195 e. The lowest BCUT2D eigenvalue weighted by molar-refractivity contribution is 0.161. The second-order valence-electron chi connectivity index (χ2n) is 5.55. The molecule has 0 aliphatic carbocycles. The van der Waals surface area contributed by atoms with Crippen molar-refractivity contribution >= 4 is 22.4 Å².